The van der Waals surface area contributed by atoms with Crippen LogP contribution in [0.3, 0.4) is 0 Å². The molecule has 7 heteroatoms. The first-order valence-electron chi connectivity index (χ1n) is 11.2. The third-order valence-corrected chi connectivity index (χ3v) is 8.11. The SMILES string of the molecule is CCOc1ccc(S(=O)(=O)N2CCC[C@@H](C(=O)N[C@@H](C)c3cc(C)c(C)cc3C)C2)cc1. The van der Waals surface area contributed by atoms with Gasteiger partial charge in [-0.3, -0.25) is 4.79 Å². The molecule has 0 aromatic heterocycles. The highest BCUT2D eigenvalue weighted by Gasteiger charge is 2.33. The highest BCUT2D eigenvalue weighted by molar-refractivity contribution is 7.89. The fourth-order valence-electron chi connectivity index (χ4n) is 4.26. The van der Waals surface area contributed by atoms with Crippen LogP contribution in [0.15, 0.2) is 41.3 Å². The van der Waals surface area contributed by atoms with Gasteiger partial charge in [0.2, 0.25) is 15.9 Å². The number of nitrogens with one attached hydrogen (secondary N) is 1. The van der Waals surface area contributed by atoms with Crippen LogP contribution in [0.2, 0.25) is 0 Å². The topological polar surface area (TPSA) is 75.7 Å². The van der Waals surface area contributed by atoms with E-state index < -0.39 is 10.0 Å². The van der Waals surface area contributed by atoms with E-state index in [-0.39, 0.29) is 29.3 Å². The van der Waals surface area contributed by atoms with Crippen molar-refractivity contribution >= 4 is 15.9 Å². The number of hydrogen-bond acceptors (Lipinski definition) is 4. The third kappa shape index (κ3) is 5.33. The summed E-state index contributed by atoms with van der Waals surface area (Å²) < 4.78 is 33.1. The Morgan fingerprint density at radius 3 is 2.44 bits per heavy atom. The van der Waals surface area contributed by atoms with E-state index in [0.717, 1.165) is 11.1 Å². The maximum absolute atomic E-state index is 13.1. The minimum atomic E-state index is -3.66. The van der Waals surface area contributed by atoms with E-state index in [1.165, 1.54) is 15.4 Å². The minimum Gasteiger partial charge on any atom is -0.494 e. The molecule has 3 rings (SSSR count). The smallest absolute Gasteiger partial charge is 0.243 e. The Labute approximate surface area is 192 Å². The van der Waals surface area contributed by atoms with Crippen LogP contribution in [0, 0.1) is 26.7 Å². The Hall–Kier alpha value is -2.38. The van der Waals surface area contributed by atoms with Crippen LogP contribution in [-0.4, -0.2) is 38.3 Å². The van der Waals surface area contributed by atoms with Crippen molar-refractivity contribution in [3.05, 3.63) is 58.7 Å². The fraction of sp³-hybridized carbons (Fsp3) is 0.480. The number of sulfonamides is 1. The van der Waals surface area contributed by atoms with Crippen LogP contribution in [0.25, 0.3) is 0 Å². The van der Waals surface area contributed by atoms with Gasteiger partial charge in [0.25, 0.3) is 0 Å². The van der Waals surface area contributed by atoms with Crippen LogP contribution in [-0.2, 0) is 14.8 Å². The lowest BCUT2D eigenvalue weighted by Crippen LogP contribution is -2.45. The molecule has 1 saturated heterocycles. The van der Waals surface area contributed by atoms with Crippen molar-refractivity contribution in [1.29, 1.82) is 0 Å². The first-order valence-corrected chi connectivity index (χ1v) is 12.7. The highest BCUT2D eigenvalue weighted by Crippen LogP contribution is 2.27. The maximum Gasteiger partial charge on any atom is 0.243 e. The number of hydrogen-bond donors (Lipinski definition) is 1. The third-order valence-electron chi connectivity index (χ3n) is 6.24. The number of aryl methyl sites for hydroxylation is 3. The van der Waals surface area contributed by atoms with Crippen molar-refractivity contribution in [3.8, 4) is 5.75 Å². The van der Waals surface area contributed by atoms with Gasteiger partial charge in [0, 0.05) is 13.1 Å². The van der Waals surface area contributed by atoms with E-state index in [9.17, 15) is 13.2 Å². The average molecular weight is 459 g/mol. The van der Waals surface area contributed by atoms with Crippen molar-refractivity contribution in [2.45, 2.75) is 58.4 Å². The van der Waals surface area contributed by atoms with Gasteiger partial charge in [-0.05, 0) is 94.0 Å². The van der Waals surface area contributed by atoms with E-state index in [1.807, 2.05) is 13.8 Å². The first-order chi connectivity index (χ1) is 15.1. The Morgan fingerprint density at radius 1 is 1.12 bits per heavy atom. The zero-order valence-corrected chi connectivity index (χ0v) is 20.5. The van der Waals surface area contributed by atoms with E-state index in [4.69, 9.17) is 4.74 Å². The molecule has 0 unspecified atom stereocenters. The van der Waals surface area contributed by atoms with E-state index in [1.54, 1.807) is 24.3 Å². The van der Waals surface area contributed by atoms with Crippen LogP contribution >= 0.6 is 0 Å². The summed E-state index contributed by atoms with van der Waals surface area (Å²) in [6, 6.07) is 10.6. The number of amides is 1. The summed E-state index contributed by atoms with van der Waals surface area (Å²) in [5.41, 5.74) is 4.66. The monoisotopic (exact) mass is 458 g/mol. The second kappa shape index (κ2) is 10.0. The summed E-state index contributed by atoms with van der Waals surface area (Å²) in [6.45, 7) is 11.2. The Bertz CT molecular complexity index is 1060. The molecule has 0 aliphatic carbocycles. The predicted octanol–water partition coefficient (Wildman–Crippen LogP) is 4.29. The zero-order valence-electron chi connectivity index (χ0n) is 19.6. The van der Waals surface area contributed by atoms with E-state index in [2.05, 4.69) is 38.2 Å². The van der Waals surface area contributed by atoms with Crippen molar-refractivity contribution in [1.82, 2.24) is 9.62 Å². The van der Waals surface area contributed by atoms with Gasteiger partial charge in [-0.1, -0.05) is 12.1 Å². The average Bonchev–Trinajstić information content (AvgIpc) is 2.77. The lowest BCUT2D eigenvalue weighted by atomic mass is 9.95. The summed E-state index contributed by atoms with van der Waals surface area (Å²) in [6.07, 6.45) is 1.34. The van der Waals surface area contributed by atoms with Gasteiger partial charge in [0.15, 0.2) is 0 Å². The number of ether oxygens (including phenoxy) is 1. The van der Waals surface area contributed by atoms with E-state index >= 15 is 0 Å². The maximum atomic E-state index is 13.1. The largest absolute Gasteiger partial charge is 0.494 e. The second-order valence-electron chi connectivity index (χ2n) is 8.63. The number of rotatable bonds is 7. The molecule has 2 aromatic carbocycles. The molecule has 1 N–H and O–H groups in total. The standard InChI is InChI=1S/C25H34N2O4S/c1-6-31-22-9-11-23(12-10-22)32(29,30)27-13-7-8-21(16-27)25(28)26-20(5)24-15-18(3)17(2)14-19(24)4/h9-12,14-15,20-21H,6-8,13,16H2,1-5H3,(H,26,28)/t20-,21+/m0/s1. The molecular weight excluding hydrogens is 424 g/mol. The lowest BCUT2D eigenvalue weighted by Gasteiger charge is -2.32. The molecule has 0 radical (unpaired) electrons. The minimum absolute atomic E-state index is 0.0956. The van der Waals surface area contributed by atoms with Crippen molar-refractivity contribution in [2.75, 3.05) is 19.7 Å². The Balaban J connectivity index is 1.69. The molecular formula is C25H34N2O4S. The molecule has 1 fully saturated rings. The van der Waals surface area contributed by atoms with E-state index in [0.29, 0.717) is 31.7 Å². The number of carbonyl (C=O) groups is 1. The summed E-state index contributed by atoms with van der Waals surface area (Å²) >= 11 is 0. The van der Waals surface area contributed by atoms with Gasteiger partial charge >= 0.3 is 0 Å². The molecule has 1 heterocycles. The second-order valence-corrected chi connectivity index (χ2v) is 10.6. The van der Waals surface area contributed by atoms with Gasteiger partial charge in [-0.15, -0.1) is 0 Å². The van der Waals surface area contributed by atoms with Crippen molar-refractivity contribution in [2.24, 2.45) is 5.92 Å². The van der Waals surface area contributed by atoms with Crippen molar-refractivity contribution < 1.29 is 17.9 Å². The molecule has 2 atom stereocenters. The molecule has 32 heavy (non-hydrogen) atoms. The summed E-state index contributed by atoms with van der Waals surface area (Å²) in [4.78, 5) is 13.2. The van der Waals surface area contributed by atoms with Gasteiger partial charge in [0.05, 0.1) is 23.5 Å². The molecule has 0 bridgehead atoms. The Morgan fingerprint density at radius 2 is 1.78 bits per heavy atom. The normalized spacial score (nSPS) is 18.2. The van der Waals surface area contributed by atoms with Crippen molar-refractivity contribution in [3.63, 3.8) is 0 Å². The number of carbonyl (C=O) groups excluding carboxylic acids is 1. The number of benzene rings is 2. The van der Waals surface area contributed by atoms with Gasteiger partial charge < -0.3 is 10.1 Å². The number of nitrogens with zero attached hydrogens (tertiary/aromatic N) is 1. The van der Waals surface area contributed by atoms with Gasteiger partial charge in [-0.2, -0.15) is 4.31 Å². The molecule has 2 aromatic rings. The van der Waals surface area contributed by atoms with Gasteiger partial charge in [0.1, 0.15) is 5.75 Å². The van der Waals surface area contributed by atoms with Crippen LogP contribution in [0.5, 0.6) is 5.75 Å². The molecule has 6 nitrogen and oxygen atoms in total. The number of piperidine rings is 1. The predicted molar refractivity (Wildman–Crippen MR) is 126 cm³/mol. The molecule has 0 spiro atoms. The molecule has 0 saturated carbocycles. The van der Waals surface area contributed by atoms with Gasteiger partial charge in [-0.25, -0.2) is 8.42 Å². The highest BCUT2D eigenvalue weighted by atomic mass is 32.2. The lowest BCUT2D eigenvalue weighted by molar-refractivity contribution is -0.126. The van der Waals surface area contributed by atoms with Crippen LogP contribution < -0.4 is 10.1 Å². The first kappa shape index (κ1) is 24.3. The molecule has 174 valence electrons. The molecule has 1 aliphatic rings. The quantitative estimate of drug-likeness (QED) is 0.672. The van der Waals surface area contributed by atoms with Crippen LogP contribution in [0.1, 0.15) is 55.0 Å². The molecule has 1 amide bonds. The summed E-state index contributed by atoms with van der Waals surface area (Å²) in [7, 11) is -3.66. The summed E-state index contributed by atoms with van der Waals surface area (Å²) in [5, 5.41) is 3.11. The summed E-state index contributed by atoms with van der Waals surface area (Å²) in [5.74, 6) is 0.176. The van der Waals surface area contributed by atoms with Crippen LogP contribution in [0.4, 0.5) is 0 Å². The zero-order chi connectivity index (χ0) is 23.5. The Kier molecular flexibility index (Phi) is 7.62. The fourth-order valence-corrected chi connectivity index (χ4v) is 5.78. The molecule has 1 aliphatic heterocycles.